The van der Waals surface area contributed by atoms with E-state index in [1.54, 1.807) is 11.1 Å². The van der Waals surface area contributed by atoms with E-state index >= 15 is 0 Å². The molecule has 76 valence electrons. The zero-order chi connectivity index (χ0) is 10.3. The van der Waals surface area contributed by atoms with Gasteiger partial charge >= 0.3 is 0 Å². The average molecular weight is 292 g/mol. The molecule has 0 amide bonds. The fourth-order valence-electron chi connectivity index (χ4n) is 1.53. The lowest BCUT2D eigenvalue weighted by Gasteiger charge is -2.11. The molecule has 0 saturated carbocycles. The van der Waals surface area contributed by atoms with Gasteiger partial charge in [0.1, 0.15) is 0 Å². The second kappa shape index (κ2) is 7.60. The Morgan fingerprint density at radius 2 is 1.62 bits per heavy atom. The van der Waals surface area contributed by atoms with Gasteiger partial charge in [-0.1, -0.05) is 33.8 Å². The third-order valence-electron chi connectivity index (χ3n) is 2.21. The summed E-state index contributed by atoms with van der Waals surface area (Å²) < 4.78 is 1.53. The average Bonchev–Trinajstić information content (AvgIpc) is 2.17. The zero-order valence-electron chi connectivity index (χ0n) is 9.28. The van der Waals surface area contributed by atoms with Crippen LogP contribution in [0, 0.1) is 0 Å². The molecule has 0 radical (unpaired) electrons. The molecule has 0 aromatic rings. The first-order chi connectivity index (χ1) is 6.21. The molecule has 0 N–H and O–H groups in total. The Labute approximate surface area is 96.6 Å². The van der Waals surface area contributed by atoms with E-state index in [0.717, 1.165) is 6.42 Å². The van der Waals surface area contributed by atoms with E-state index < -0.39 is 0 Å². The number of allylic oxidation sites excluding steroid dienone is 4. The molecule has 13 heavy (non-hydrogen) atoms. The van der Waals surface area contributed by atoms with Gasteiger partial charge in [0, 0.05) is 0 Å². The van der Waals surface area contributed by atoms with Crippen molar-refractivity contribution in [2.24, 2.45) is 0 Å². The van der Waals surface area contributed by atoms with Gasteiger partial charge in [-0.05, 0) is 63.0 Å². The molecular formula is C12H21I. The maximum absolute atomic E-state index is 2.48. The highest BCUT2D eigenvalue weighted by Gasteiger charge is 2.04. The van der Waals surface area contributed by atoms with Crippen LogP contribution in [0.3, 0.4) is 0 Å². The second-order valence-electron chi connectivity index (χ2n) is 3.08. The molecule has 0 heterocycles. The molecule has 0 atom stereocenters. The predicted molar refractivity (Wildman–Crippen MR) is 70.3 cm³/mol. The summed E-state index contributed by atoms with van der Waals surface area (Å²) in [5, 5.41) is 0. The summed E-state index contributed by atoms with van der Waals surface area (Å²) in [4.78, 5) is 0. The molecule has 0 aliphatic carbocycles. The first kappa shape index (κ1) is 13.2. The maximum atomic E-state index is 2.48. The van der Waals surface area contributed by atoms with Crippen LogP contribution in [0.4, 0.5) is 0 Å². The highest BCUT2D eigenvalue weighted by molar-refractivity contribution is 14.1. The lowest BCUT2D eigenvalue weighted by Crippen LogP contribution is -1.90. The van der Waals surface area contributed by atoms with E-state index in [4.69, 9.17) is 0 Å². The summed E-state index contributed by atoms with van der Waals surface area (Å²) in [6.07, 6.45) is 7.04. The predicted octanol–water partition coefficient (Wildman–Crippen LogP) is 5.24. The molecular weight excluding hydrogens is 271 g/mol. The fourth-order valence-corrected chi connectivity index (χ4v) is 2.26. The van der Waals surface area contributed by atoms with E-state index in [2.05, 4.69) is 56.4 Å². The summed E-state index contributed by atoms with van der Waals surface area (Å²) in [7, 11) is 0. The summed E-state index contributed by atoms with van der Waals surface area (Å²) in [6.45, 7) is 8.94. The van der Waals surface area contributed by atoms with Crippen molar-refractivity contribution in [2.45, 2.75) is 53.4 Å². The largest absolute Gasteiger partial charge is 0.0813 e. The van der Waals surface area contributed by atoms with Crippen molar-refractivity contribution >= 4 is 22.6 Å². The van der Waals surface area contributed by atoms with Crippen LogP contribution in [-0.2, 0) is 0 Å². The Morgan fingerprint density at radius 3 is 1.92 bits per heavy atom. The Kier molecular flexibility index (Phi) is 7.72. The third kappa shape index (κ3) is 4.30. The van der Waals surface area contributed by atoms with Crippen LogP contribution in [0.15, 0.2) is 20.8 Å². The van der Waals surface area contributed by atoms with Crippen molar-refractivity contribution in [3.8, 4) is 0 Å². The van der Waals surface area contributed by atoms with Crippen molar-refractivity contribution < 1.29 is 0 Å². The molecule has 1 heteroatoms. The molecule has 0 aromatic heterocycles. The molecule has 0 unspecified atom stereocenters. The quantitative estimate of drug-likeness (QED) is 0.480. The monoisotopic (exact) mass is 292 g/mol. The molecule has 0 saturated heterocycles. The number of hydrogen-bond acceptors (Lipinski definition) is 0. The normalized spacial score (nSPS) is 14.4. The number of hydrogen-bond donors (Lipinski definition) is 0. The van der Waals surface area contributed by atoms with Gasteiger partial charge in [-0.25, -0.2) is 0 Å². The van der Waals surface area contributed by atoms with E-state index in [-0.39, 0.29) is 0 Å². The van der Waals surface area contributed by atoms with Crippen LogP contribution >= 0.6 is 22.6 Å². The zero-order valence-corrected chi connectivity index (χ0v) is 11.4. The maximum Gasteiger partial charge on any atom is -0.00623 e. The van der Waals surface area contributed by atoms with Crippen LogP contribution < -0.4 is 0 Å². The van der Waals surface area contributed by atoms with Crippen molar-refractivity contribution in [1.82, 2.24) is 0 Å². The SMILES string of the molecule is CC/C=C(CC)/C(CC)=C(\I)CC. The summed E-state index contributed by atoms with van der Waals surface area (Å²) in [5.41, 5.74) is 3.13. The van der Waals surface area contributed by atoms with Gasteiger partial charge in [0.2, 0.25) is 0 Å². The second-order valence-corrected chi connectivity index (χ2v) is 4.38. The number of halogens is 1. The van der Waals surface area contributed by atoms with Crippen LogP contribution in [0.5, 0.6) is 0 Å². The Balaban J connectivity index is 4.83. The Bertz CT molecular complexity index is 199. The third-order valence-corrected chi connectivity index (χ3v) is 3.62. The minimum atomic E-state index is 1.15. The van der Waals surface area contributed by atoms with Gasteiger partial charge in [0.25, 0.3) is 0 Å². The van der Waals surface area contributed by atoms with Gasteiger partial charge in [-0.15, -0.1) is 0 Å². The fraction of sp³-hybridized carbons (Fsp3) is 0.667. The lowest BCUT2D eigenvalue weighted by atomic mass is 9.99. The van der Waals surface area contributed by atoms with Gasteiger partial charge in [-0.2, -0.15) is 0 Å². The van der Waals surface area contributed by atoms with Crippen LogP contribution in [0.25, 0.3) is 0 Å². The first-order valence-electron chi connectivity index (χ1n) is 5.27. The minimum Gasteiger partial charge on any atom is -0.0813 e. The molecule has 0 aliphatic heterocycles. The first-order valence-corrected chi connectivity index (χ1v) is 6.35. The molecule has 0 spiro atoms. The molecule has 0 rings (SSSR count). The molecule has 0 aliphatic rings. The van der Waals surface area contributed by atoms with E-state index in [9.17, 15) is 0 Å². The van der Waals surface area contributed by atoms with Gasteiger partial charge in [0.15, 0.2) is 0 Å². The van der Waals surface area contributed by atoms with Gasteiger partial charge < -0.3 is 0 Å². The van der Waals surface area contributed by atoms with Crippen LogP contribution in [-0.4, -0.2) is 0 Å². The summed E-state index contributed by atoms with van der Waals surface area (Å²) in [6, 6.07) is 0. The van der Waals surface area contributed by atoms with E-state index in [1.807, 2.05) is 0 Å². The lowest BCUT2D eigenvalue weighted by molar-refractivity contribution is 0.982. The molecule has 0 bridgehead atoms. The smallest absolute Gasteiger partial charge is 0.00623 e. The van der Waals surface area contributed by atoms with Gasteiger partial charge in [0.05, 0.1) is 0 Å². The highest BCUT2D eigenvalue weighted by Crippen LogP contribution is 2.27. The van der Waals surface area contributed by atoms with E-state index in [1.165, 1.54) is 22.8 Å². The van der Waals surface area contributed by atoms with Crippen molar-refractivity contribution in [3.05, 3.63) is 20.8 Å². The molecule has 0 nitrogen and oxygen atoms in total. The summed E-state index contributed by atoms with van der Waals surface area (Å²) in [5.74, 6) is 0. The highest BCUT2D eigenvalue weighted by atomic mass is 127. The van der Waals surface area contributed by atoms with Crippen LogP contribution in [0.2, 0.25) is 0 Å². The van der Waals surface area contributed by atoms with E-state index in [0.29, 0.717) is 0 Å². The topological polar surface area (TPSA) is 0 Å². The summed E-state index contributed by atoms with van der Waals surface area (Å²) >= 11 is 2.48. The number of rotatable bonds is 5. The molecule has 0 aromatic carbocycles. The standard InChI is InChI=1S/C12H21I/c1-5-9-10(6-2)11(7-3)12(13)8-4/h9H,5-8H2,1-4H3/b10-9+,12-11-. The van der Waals surface area contributed by atoms with Crippen molar-refractivity contribution in [1.29, 1.82) is 0 Å². The minimum absolute atomic E-state index is 1.15. The van der Waals surface area contributed by atoms with Crippen LogP contribution in [0.1, 0.15) is 53.4 Å². The van der Waals surface area contributed by atoms with Crippen molar-refractivity contribution in [3.63, 3.8) is 0 Å². The Morgan fingerprint density at radius 1 is 1.00 bits per heavy atom. The van der Waals surface area contributed by atoms with Gasteiger partial charge in [-0.3, -0.25) is 0 Å². The Hall–Kier alpha value is 0.210. The molecule has 0 fully saturated rings. The van der Waals surface area contributed by atoms with Crippen molar-refractivity contribution in [2.75, 3.05) is 0 Å².